The summed E-state index contributed by atoms with van der Waals surface area (Å²) in [5, 5.41) is 3.02. The van der Waals surface area contributed by atoms with Crippen LogP contribution in [0.15, 0.2) is 76.2 Å². The number of amides is 1. The fraction of sp³-hybridized carbons (Fsp3) is 0.370. The average molecular weight is 494 g/mol. The fourth-order valence-corrected chi connectivity index (χ4v) is 6.61. The Morgan fingerprint density at radius 2 is 1.69 bits per heavy atom. The number of hydrogen-bond donors (Lipinski definition) is 1. The van der Waals surface area contributed by atoms with Crippen LogP contribution in [-0.4, -0.2) is 45.4 Å². The molecule has 3 heterocycles. The van der Waals surface area contributed by atoms with Gasteiger partial charge in [0.15, 0.2) is 0 Å². The first-order valence-corrected chi connectivity index (χ1v) is 13.7. The number of nitrogens with one attached hydrogen (secondary N) is 1. The van der Waals surface area contributed by atoms with Crippen LogP contribution in [0.5, 0.6) is 0 Å². The first-order chi connectivity index (χ1) is 17.0. The molecule has 2 aromatic carbocycles. The van der Waals surface area contributed by atoms with E-state index in [2.05, 4.69) is 10.2 Å². The van der Waals surface area contributed by atoms with E-state index in [0.29, 0.717) is 18.7 Å². The van der Waals surface area contributed by atoms with E-state index >= 15 is 0 Å². The quantitative estimate of drug-likeness (QED) is 0.528. The minimum Gasteiger partial charge on any atom is -0.468 e. The van der Waals surface area contributed by atoms with Gasteiger partial charge in [0.2, 0.25) is 0 Å². The van der Waals surface area contributed by atoms with E-state index in [1.54, 1.807) is 18.4 Å². The summed E-state index contributed by atoms with van der Waals surface area (Å²) in [6, 6.07) is 17.6. The van der Waals surface area contributed by atoms with Gasteiger partial charge in [0, 0.05) is 18.7 Å². The van der Waals surface area contributed by atoms with Gasteiger partial charge in [-0.25, -0.2) is 8.42 Å². The molecule has 2 aliphatic rings. The van der Waals surface area contributed by atoms with E-state index in [0.717, 1.165) is 55.8 Å². The number of hydrogen-bond acceptors (Lipinski definition) is 5. The van der Waals surface area contributed by atoms with E-state index in [1.807, 2.05) is 36.4 Å². The molecule has 7 nitrogen and oxygen atoms in total. The molecule has 0 radical (unpaired) electrons. The number of sulfonamides is 1. The van der Waals surface area contributed by atoms with Crippen LogP contribution in [0.4, 0.5) is 5.69 Å². The van der Waals surface area contributed by atoms with Crippen molar-refractivity contribution >= 4 is 21.6 Å². The Kier molecular flexibility index (Phi) is 6.92. The third-order valence-corrected chi connectivity index (χ3v) is 8.76. The molecule has 0 aliphatic carbocycles. The van der Waals surface area contributed by atoms with Gasteiger partial charge in [-0.15, -0.1) is 0 Å². The molecule has 3 aromatic rings. The molecule has 1 atom stereocenters. The molecule has 0 spiro atoms. The van der Waals surface area contributed by atoms with Crippen molar-refractivity contribution in [1.82, 2.24) is 10.2 Å². The van der Waals surface area contributed by atoms with E-state index in [1.165, 1.54) is 22.9 Å². The SMILES string of the molecule is O=C(NC[C@@H](c1ccco1)N1CCCCC1)c1ccc(S(=O)(=O)N2CCCc3ccccc32)cc1. The van der Waals surface area contributed by atoms with E-state index in [9.17, 15) is 13.2 Å². The van der Waals surface area contributed by atoms with E-state index in [4.69, 9.17) is 4.42 Å². The number of rotatable bonds is 7. The highest BCUT2D eigenvalue weighted by Crippen LogP contribution is 2.32. The van der Waals surface area contributed by atoms with Gasteiger partial charge in [-0.05, 0) is 86.8 Å². The van der Waals surface area contributed by atoms with E-state index < -0.39 is 10.0 Å². The van der Waals surface area contributed by atoms with Crippen LogP contribution in [0.2, 0.25) is 0 Å². The third kappa shape index (κ3) is 4.99. The summed E-state index contributed by atoms with van der Waals surface area (Å²) in [6.07, 6.45) is 6.83. The Morgan fingerprint density at radius 1 is 0.914 bits per heavy atom. The number of carbonyl (C=O) groups excluding carboxylic acids is 1. The van der Waals surface area contributed by atoms with Crippen molar-refractivity contribution < 1.29 is 17.6 Å². The van der Waals surface area contributed by atoms with Gasteiger partial charge in [-0.2, -0.15) is 0 Å². The van der Waals surface area contributed by atoms with Gasteiger partial charge in [0.1, 0.15) is 5.76 Å². The molecule has 1 aromatic heterocycles. The van der Waals surface area contributed by atoms with Gasteiger partial charge in [-0.1, -0.05) is 24.6 Å². The average Bonchev–Trinajstić information content (AvgIpc) is 3.44. The maximum atomic E-state index is 13.4. The second-order valence-corrected chi connectivity index (χ2v) is 11.0. The number of aryl methyl sites for hydroxylation is 1. The summed E-state index contributed by atoms with van der Waals surface area (Å²) in [6.45, 7) is 2.84. The zero-order chi connectivity index (χ0) is 24.3. The predicted molar refractivity (Wildman–Crippen MR) is 135 cm³/mol. The molecule has 8 heteroatoms. The van der Waals surface area contributed by atoms with Crippen LogP contribution >= 0.6 is 0 Å². The van der Waals surface area contributed by atoms with Crippen molar-refractivity contribution in [1.29, 1.82) is 0 Å². The molecular formula is C27H31N3O4S. The molecule has 5 rings (SSSR count). The summed E-state index contributed by atoms with van der Waals surface area (Å²) in [7, 11) is -3.71. The number of anilines is 1. The van der Waals surface area contributed by atoms with Gasteiger partial charge in [0.25, 0.3) is 15.9 Å². The number of benzene rings is 2. The second kappa shape index (κ2) is 10.3. The Balaban J connectivity index is 1.28. The highest BCUT2D eigenvalue weighted by atomic mass is 32.2. The molecule has 0 saturated carbocycles. The fourth-order valence-electron chi connectivity index (χ4n) is 5.07. The van der Waals surface area contributed by atoms with Gasteiger partial charge >= 0.3 is 0 Å². The molecule has 1 fully saturated rings. The summed E-state index contributed by atoms with van der Waals surface area (Å²) < 4.78 is 33.9. The van der Waals surface area contributed by atoms with Crippen molar-refractivity contribution in [2.24, 2.45) is 0 Å². The minimum atomic E-state index is -3.71. The lowest BCUT2D eigenvalue weighted by molar-refractivity contribution is 0.0914. The first-order valence-electron chi connectivity index (χ1n) is 12.3. The van der Waals surface area contributed by atoms with Crippen molar-refractivity contribution in [3.05, 3.63) is 83.8 Å². The lowest BCUT2D eigenvalue weighted by Crippen LogP contribution is -2.40. The second-order valence-electron chi connectivity index (χ2n) is 9.17. The molecule has 35 heavy (non-hydrogen) atoms. The predicted octanol–water partition coefficient (Wildman–Crippen LogP) is 4.38. The number of nitrogens with zero attached hydrogens (tertiary/aromatic N) is 2. The minimum absolute atomic E-state index is 0.0203. The maximum Gasteiger partial charge on any atom is 0.264 e. The molecule has 1 N–H and O–H groups in total. The number of furan rings is 1. The smallest absolute Gasteiger partial charge is 0.264 e. The standard InChI is InChI=1S/C27H31N3O4S/c31-27(28-20-25(26-11-7-19-34-26)29-16-4-1-5-17-29)22-12-14-23(15-13-22)35(32,33)30-18-6-9-21-8-2-3-10-24(21)30/h2-3,7-8,10-15,19,25H,1,4-6,9,16-18,20H2,(H,28,31)/t25-/m0/s1. The number of carbonyl (C=O) groups is 1. The van der Waals surface area contributed by atoms with Crippen molar-refractivity contribution in [2.75, 3.05) is 30.5 Å². The lowest BCUT2D eigenvalue weighted by Gasteiger charge is -2.33. The van der Waals surface area contributed by atoms with Crippen LogP contribution in [0.3, 0.4) is 0 Å². The Morgan fingerprint density at radius 3 is 2.43 bits per heavy atom. The lowest BCUT2D eigenvalue weighted by atomic mass is 10.0. The Hall–Kier alpha value is -3.10. The van der Waals surface area contributed by atoms with Crippen molar-refractivity contribution in [3.63, 3.8) is 0 Å². The molecule has 2 aliphatic heterocycles. The highest BCUT2D eigenvalue weighted by Gasteiger charge is 2.29. The first kappa shape index (κ1) is 23.6. The summed E-state index contributed by atoms with van der Waals surface area (Å²) in [4.78, 5) is 15.5. The summed E-state index contributed by atoms with van der Waals surface area (Å²) in [5.74, 6) is 0.612. The molecule has 0 unspecified atom stereocenters. The zero-order valence-corrected chi connectivity index (χ0v) is 20.5. The molecule has 184 valence electrons. The zero-order valence-electron chi connectivity index (χ0n) is 19.7. The van der Waals surface area contributed by atoms with Crippen molar-refractivity contribution in [2.45, 2.75) is 43.0 Å². The van der Waals surface area contributed by atoms with Gasteiger partial charge in [-0.3, -0.25) is 14.0 Å². The Bertz CT molecular complexity index is 1250. The summed E-state index contributed by atoms with van der Waals surface area (Å²) >= 11 is 0. The third-order valence-electron chi connectivity index (χ3n) is 6.93. The number of para-hydroxylation sites is 1. The van der Waals surface area contributed by atoms with Crippen LogP contribution in [0.1, 0.15) is 53.4 Å². The number of fused-ring (bicyclic) bond motifs is 1. The van der Waals surface area contributed by atoms with Crippen LogP contribution in [-0.2, 0) is 16.4 Å². The number of likely N-dealkylation sites (tertiary alicyclic amines) is 1. The largest absolute Gasteiger partial charge is 0.468 e. The number of piperidine rings is 1. The summed E-state index contributed by atoms with van der Waals surface area (Å²) in [5.41, 5.74) is 2.21. The van der Waals surface area contributed by atoms with Crippen molar-refractivity contribution in [3.8, 4) is 0 Å². The molecule has 0 bridgehead atoms. The van der Waals surface area contributed by atoms with Gasteiger partial charge < -0.3 is 9.73 Å². The topological polar surface area (TPSA) is 82.9 Å². The maximum absolute atomic E-state index is 13.4. The van der Waals surface area contributed by atoms with Crippen LogP contribution in [0, 0.1) is 0 Å². The van der Waals surface area contributed by atoms with E-state index in [-0.39, 0.29) is 16.8 Å². The molecule has 1 amide bonds. The Labute approximate surface area is 206 Å². The van der Waals surface area contributed by atoms with Gasteiger partial charge in [0.05, 0.1) is 22.9 Å². The van der Waals surface area contributed by atoms with Crippen LogP contribution in [0.25, 0.3) is 0 Å². The van der Waals surface area contributed by atoms with Crippen LogP contribution < -0.4 is 9.62 Å². The molecule has 1 saturated heterocycles. The normalized spacial score (nSPS) is 17.5. The molecular weight excluding hydrogens is 462 g/mol. The monoisotopic (exact) mass is 493 g/mol. The highest BCUT2D eigenvalue weighted by molar-refractivity contribution is 7.92.